The molecule has 0 aromatic carbocycles. The summed E-state index contributed by atoms with van der Waals surface area (Å²) in [6.45, 7) is 3.43. The minimum absolute atomic E-state index is 0.149. The van der Waals surface area contributed by atoms with Gasteiger partial charge in [-0.1, -0.05) is 15.9 Å². The lowest BCUT2D eigenvalue weighted by molar-refractivity contribution is -0.119. The highest BCUT2D eigenvalue weighted by Crippen LogP contribution is 2.20. The van der Waals surface area contributed by atoms with E-state index in [2.05, 4.69) is 20.8 Å². The van der Waals surface area contributed by atoms with Gasteiger partial charge in [-0.2, -0.15) is 0 Å². The molecule has 0 radical (unpaired) electrons. The number of nitrogens with two attached hydrogens (primary N) is 1. The Hall–Kier alpha value is -0.0900. The molecular weight excluding hydrogens is 244 g/mol. The summed E-state index contributed by atoms with van der Waals surface area (Å²) < 4.78 is 0. The van der Waals surface area contributed by atoms with Crippen molar-refractivity contribution in [3.63, 3.8) is 0 Å². The van der Waals surface area contributed by atoms with Gasteiger partial charge in [0, 0.05) is 11.8 Å². The van der Waals surface area contributed by atoms with Crippen molar-refractivity contribution in [1.29, 1.82) is 0 Å². The molecule has 0 unspecified atom stereocenters. The van der Waals surface area contributed by atoms with E-state index in [1.807, 2.05) is 0 Å². The van der Waals surface area contributed by atoms with Crippen LogP contribution in [0.4, 0.5) is 0 Å². The van der Waals surface area contributed by atoms with Crippen molar-refractivity contribution in [3.05, 3.63) is 0 Å². The molecule has 0 atom stereocenters. The number of nitrogens with zero attached hydrogens (tertiary/aromatic N) is 1. The van der Waals surface area contributed by atoms with Gasteiger partial charge in [0.15, 0.2) is 0 Å². The lowest BCUT2D eigenvalue weighted by Crippen LogP contribution is -2.35. The Morgan fingerprint density at radius 2 is 2.07 bits per heavy atom. The van der Waals surface area contributed by atoms with E-state index in [1.54, 1.807) is 0 Å². The van der Waals surface area contributed by atoms with E-state index in [0.29, 0.717) is 12.3 Å². The number of primary amides is 1. The average Bonchev–Trinajstić information content (AvgIpc) is 2.16. The van der Waals surface area contributed by atoms with E-state index in [1.165, 1.54) is 13.0 Å². The largest absolute Gasteiger partial charge is 0.370 e. The lowest BCUT2D eigenvalue weighted by Gasteiger charge is -2.31. The third-order valence-electron chi connectivity index (χ3n) is 2.80. The van der Waals surface area contributed by atoms with Crippen LogP contribution < -0.4 is 5.73 Å². The Balaban J connectivity index is 2.14. The molecule has 1 amide bonds. The monoisotopic (exact) mass is 262 g/mol. The highest BCUT2D eigenvalue weighted by Gasteiger charge is 2.19. The van der Waals surface area contributed by atoms with Crippen molar-refractivity contribution < 1.29 is 4.79 Å². The zero-order chi connectivity index (χ0) is 10.4. The van der Waals surface area contributed by atoms with Crippen molar-refractivity contribution in [1.82, 2.24) is 4.90 Å². The van der Waals surface area contributed by atoms with Crippen molar-refractivity contribution in [2.45, 2.75) is 25.7 Å². The number of halogens is 1. The highest BCUT2D eigenvalue weighted by atomic mass is 79.9. The molecule has 1 aliphatic rings. The van der Waals surface area contributed by atoms with Crippen LogP contribution in [0.15, 0.2) is 0 Å². The lowest BCUT2D eigenvalue weighted by atomic mass is 9.93. The maximum absolute atomic E-state index is 10.7. The minimum atomic E-state index is -0.149. The molecular formula is C10H19BrN2O. The van der Waals surface area contributed by atoms with Crippen LogP contribution in [0.1, 0.15) is 25.7 Å². The molecule has 0 spiro atoms. The molecule has 0 saturated carbocycles. The highest BCUT2D eigenvalue weighted by molar-refractivity contribution is 9.09. The zero-order valence-electron chi connectivity index (χ0n) is 8.54. The van der Waals surface area contributed by atoms with Crippen molar-refractivity contribution in [2.75, 3.05) is 25.0 Å². The van der Waals surface area contributed by atoms with Gasteiger partial charge in [-0.3, -0.25) is 4.79 Å². The van der Waals surface area contributed by atoms with E-state index in [-0.39, 0.29) is 5.91 Å². The normalized spacial score (nSPS) is 19.8. The number of carbonyl (C=O) groups excluding carboxylic acids is 1. The Morgan fingerprint density at radius 3 is 2.57 bits per heavy atom. The molecule has 1 rings (SSSR count). The Kier molecular flexibility index (Phi) is 5.48. The summed E-state index contributed by atoms with van der Waals surface area (Å²) in [6, 6.07) is 0. The number of hydrogen-bond donors (Lipinski definition) is 1. The summed E-state index contributed by atoms with van der Waals surface area (Å²) in [5, 5.41) is 1.08. The van der Waals surface area contributed by atoms with Crippen LogP contribution >= 0.6 is 15.9 Å². The summed E-state index contributed by atoms with van der Waals surface area (Å²) in [5.41, 5.74) is 5.18. The number of carbonyl (C=O) groups is 1. The summed E-state index contributed by atoms with van der Waals surface area (Å²) in [5.74, 6) is 0.386. The van der Waals surface area contributed by atoms with Gasteiger partial charge < -0.3 is 10.6 Å². The van der Waals surface area contributed by atoms with Crippen molar-refractivity contribution >= 4 is 21.8 Å². The number of rotatable bonds is 5. The second kappa shape index (κ2) is 6.40. The fraction of sp³-hybridized carbons (Fsp3) is 0.900. The van der Waals surface area contributed by atoms with Gasteiger partial charge in [-0.05, 0) is 44.8 Å². The topological polar surface area (TPSA) is 46.3 Å². The number of alkyl halides is 1. The molecule has 1 aliphatic heterocycles. The maximum atomic E-state index is 10.7. The van der Waals surface area contributed by atoms with Gasteiger partial charge in [-0.15, -0.1) is 0 Å². The quantitative estimate of drug-likeness (QED) is 0.761. The van der Waals surface area contributed by atoms with Crippen molar-refractivity contribution in [2.24, 2.45) is 11.7 Å². The van der Waals surface area contributed by atoms with Gasteiger partial charge in [0.25, 0.3) is 0 Å². The summed E-state index contributed by atoms with van der Waals surface area (Å²) in [7, 11) is 0. The van der Waals surface area contributed by atoms with Crippen molar-refractivity contribution in [3.8, 4) is 0 Å². The molecule has 0 aromatic heterocycles. The molecule has 14 heavy (non-hydrogen) atoms. The van der Waals surface area contributed by atoms with Gasteiger partial charge in [0.1, 0.15) is 0 Å². The molecule has 82 valence electrons. The maximum Gasteiger partial charge on any atom is 0.217 e. The van der Waals surface area contributed by atoms with E-state index >= 15 is 0 Å². The Bertz CT molecular complexity index is 179. The van der Waals surface area contributed by atoms with Gasteiger partial charge >= 0.3 is 0 Å². The summed E-state index contributed by atoms with van der Waals surface area (Å²) in [6.07, 6.45) is 4.04. The predicted molar refractivity (Wildman–Crippen MR) is 61.4 cm³/mol. The summed E-state index contributed by atoms with van der Waals surface area (Å²) in [4.78, 5) is 13.2. The molecule has 2 N–H and O–H groups in total. The SMILES string of the molecule is NC(=O)CC1CCN(CCCBr)CC1. The van der Waals surface area contributed by atoms with Crippen LogP contribution in [0, 0.1) is 5.92 Å². The standard InChI is InChI=1S/C10H19BrN2O/c11-4-1-5-13-6-2-9(3-7-13)8-10(12)14/h9H,1-8H2,(H2,12,14). The van der Waals surface area contributed by atoms with Crippen LogP contribution in [-0.4, -0.2) is 35.8 Å². The molecule has 1 heterocycles. The smallest absolute Gasteiger partial charge is 0.217 e. The Morgan fingerprint density at radius 1 is 1.43 bits per heavy atom. The fourth-order valence-corrected chi connectivity index (χ4v) is 2.23. The first kappa shape index (κ1) is 12.0. The molecule has 1 saturated heterocycles. The fourth-order valence-electron chi connectivity index (χ4n) is 1.98. The van der Waals surface area contributed by atoms with E-state index in [9.17, 15) is 4.79 Å². The predicted octanol–water partition coefficient (Wildman–Crippen LogP) is 1.36. The van der Waals surface area contributed by atoms with E-state index in [4.69, 9.17) is 5.73 Å². The van der Waals surface area contributed by atoms with Crippen LogP contribution in [0.3, 0.4) is 0 Å². The molecule has 0 bridgehead atoms. The molecule has 0 aliphatic carbocycles. The second-order valence-corrected chi connectivity index (χ2v) is 4.79. The minimum Gasteiger partial charge on any atom is -0.370 e. The first-order valence-corrected chi connectivity index (χ1v) is 6.41. The molecule has 0 aromatic rings. The van der Waals surface area contributed by atoms with Crippen LogP contribution in [0.5, 0.6) is 0 Å². The van der Waals surface area contributed by atoms with Crippen LogP contribution in [-0.2, 0) is 4.79 Å². The number of hydrogen-bond acceptors (Lipinski definition) is 2. The zero-order valence-corrected chi connectivity index (χ0v) is 10.1. The van der Waals surface area contributed by atoms with Gasteiger partial charge in [-0.25, -0.2) is 0 Å². The second-order valence-electron chi connectivity index (χ2n) is 4.00. The molecule has 1 fully saturated rings. The van der Waals surface area contributed by atoms with E-state index < -0.39 is 0 Å². The number of likely N-dealkylation sites (tertiary alicyclic amines) is 1. The first-order chi connectivity index (χ1) is 6.72. The van der Waals surface area contributed by atoms with E-state index in [0.717, 1.165) is 31.3 Å². The third kappa shape index (κ3) is 4.42. The number of piperidine rings is 1. The average molecular weight is 263 g/mol. The van der Waals surface area contributed by atoms with Gasteiger partial charge in [0.2, 0.25) is 5.91 Å². The summed E-state index contributed by atoms with van der Waals surface area (Å²) >= 11 is 3.43. The van der Waals surface area contributed by atoms with Crippen LogP contribution in [0.2, 0.25) is 0 Å². The number of amides is 1. The Labute approximate surface area is 94.1 Å². The van der Waals surface area contributed by atoms with Gasteiger partial charge in [0.05, 0.1) is 0 Å². The third-order valence-corrected chi connectivity index (χ3v) is 3.37. The van der Waals surface area contributed by atoms with Crippen LogP contribution in [0.25, 0.3) is 0 Å². The molecule has 3 nitrogen and oxygen atoms in total. The first-order valence-electron chi connectivity index (χ1n) is 5.29. The molecule has 4 heteroatoms.